The van der Waals surface area contributed by atoms with Gasteiger partial charge in [0, 0.05) is 10.3 Å². The lowest BCUT2D eigenvalue weighted by molar-refractivity contribution is -0.128. The Morgan fingerprint density at radius 3 is 2.95 bits per heavy atom. The van der Waals surface area contributed by atoms with Gasteiger partial charge in [-0.05, 0) is 11.4 Å². The van der Waals surface area contributed by atoms with Crippen LogP contribution in [-0.4, -0.2) is 22.2 Å². The fraction of sp³-hybridized carbons (Fsp3) is 0.182. The minimum atomic E-state index is -0.606. The molecule has 106 valence electrons. The molecule has 0 atom stereocenters. The fourth-order valence-corrected chi connectivity index (χ4v) is 2.62. The van der Waals surface area contributed by atoms with Gasteiger partial charge in [-0.2, -0.15) is 0 Å². The fourth-order valence-electron chi connectivity index (χ4n) is 1.31. The third-order valence-electron chi connectivity index (χ3n) is 2.16. The van der Waals surface area contributed by atoms with Crippen molar-refractivity contribution in [1.82, 2.24) is 15.8 Å². The Bertz CT molecular complexity index is 582. The van der Waals surface area contributed by atoms with E-state index in [0.717, 1.165) is 16.2 Å². The van der Waals surface area contributed by atoms with Gasteiger partial charge < -0.3 is 10.1 Å². The molecular formula is C11H11N3O4S2. The Kier molecular flexibility index (Phi) is 5.04. The van der Waals surface area contributed by atoms with Crippen molar-refractivity contribution >= 4 is 34.7 Å². The quantitative estimate of drug-likeness (QED) is 0.574. The second-order valence-electron chi connectivity index (χ2n) is 3.64. The van der Waals surface area contributed by atoms with E-state index in [1.54, 1.807) is 5.38 Å². The van der Waals surface area contributed by atoms with Gasteiger partial charge in [0.15, 0.2) is 0 Å². The van der Waals surface area contributed by atoms with E-state index in [1.165, 1.54) is 16.8 Å². The number of rotatable bonds is 5. The van der Waals surface area contributed by atoms with Crippen LogP contribution in [0.5, 0.6) is 5.19 Å². The zero-order valence-electron chi connectivity index (χ0n) is 10.2. The molecule has 0 saturated carbocycles. The Hall–Kier alpha value is -1.97. The van der Waals surface area contributed by atoms with Crippen LogP contribution in [-0.2, 0) is 17.8 Å². The average molecular weight is 313 g/mol. The van der Waals surface area contributed by atoms with Crippen molar-refractivity contribution in [2.24, 2.45) is 0 Å². The summed E-state index contributed by atoms with van der Waals surface area (Å²) in [5.74, 6) is -0.580. The Morgan fingerprint density at radius 2 is 2.25 bits per heavy atom. The van der Waals surface area contributed by atoms with Gasteiger partial charge in [0.05, 0.1) is 18.7 Å². The van der Waals surface area contributed by atoms with Crippen LogP contribution in [0.25, 0.3) is 0 Å². The summed E-state index contributed by atoms with van der Waals surface area (Å²) in [7, 11) is 0. The van der Waals surface area contributed by atoms with Crippen molar-refractivity contribution < 1.29 is 19.5 Å². The molecule has 2 heterocycles. The number of carbonyl (C=O) groups excluding carboxylic acids is 2. The van der Waals surface area contributed by atoms with Gasteiger partial charge in [0.1, 0.15) is 0 Å². The summed E-state index contributed by atoms with van der Waals surface area (Å²) in [5.41, 5.74) is 1.93. The molecule has 0 radical (unpaired) electrons. The van der Waals surface area contributed by atoms with Gasteiger partial charge in [0.25, 0.3) is 5.19 Å². The summed E-state index contributed by atoms with van der Waals surface area (Å²) >= 11 is 2.63. The third kappa shape index (κ3) is 4.30. The molecule has 2 amide bonds. The van der Waals surface area contributed by atoms with E-state index in [0.29, 0.717) is 12.2 Å². The van der Waals surface area contributed by atoms with Crippen LogP contribution >= 0.6 is 22.7 Å². The van der Waals surface area contributed by atoms with Crippen LogP contribution in [0.3, 0.4) is 0 Å². The molecule has 2 rings (SSSR count). The zero-order chi connectivity index (χ0) is 14.4. The normalized spacial score (nSPS) is 10.1. The highest BCUT2D eigenvalue weighted by molar-refractivity contribution is 7.11. The Labute approximate surface area is 122 Å². The first kappa shape index (κ1) is 14.4. The predicted octanol–water partition coefficient (Wildman–Crippen LogP) is 1.54. The van der Waals surface area contributed by atoms with Crippen molar-refractivity contribution in [3.05, 3.63) is 33.5 Å². The highest BCUT2D eigenvalue weighted by Crippen LogP contribution is 2.18. The van der Waals surface area contributed by atoms with E-state index in [9.17, 15) is 9.59 Å². The molecule has 2 aromatic rings. The van der Waals surface area contributed by atoms with E-state index >= 15 is 0 Å². The Balaban J connectivity index is 1.80. The second-order valence-corrected chi connectivity index (χ2v) is 5.49. The number of carbonyl (C=O) groups is 2. The maximum atomic E-state index is 11.5. The number of hydrogen-bond donors (Lipinski definition) is 3. The number of hydroxylamine groups is 1. The molecule has 0 aliphatic heterocycles. The van der Waals surface area contributed by atoms with E-state index in [-0.39, 0.29) is 11.6 Å². The summed E-state index contributed by atoms with van der Waals surface area (Å²) < 4.78 is 4.98. The van der Waals surface area contributed by atoms with Crippen LogP contribution in [0, 0.1) is 0 Å². The van der Waals surface area contributed by atoms with Gasteiger partial charge in [-0.3, -0.25) is 10.0 Å². The number of hydrogen-bond acceptors (Lipinski definition) is 7. The monoisotopic (exact) mass is 313 g/mol. The number of thiophene rings is 1. The largest absolute Gasteiger partial charge is 0.414 e. The Morgan fingerprint density at radius 1 is 1.40 bits per heavy atom. The smallest absolute Gasteiger partial charge is 0.381 e. The SMILES string of the molecule is O=C(Cc1csc(OC(=O)NCc2cccs2)n1)NO. The van der Waals surface area contributed by atoms with Crippen LogP contribution in [0.4, 0.5) is 4.79 Å². The van der Waals surface area contributed by atoms with Crippen LogP contribution in [0.1, 0.15) is 10.6 Å². The van der Waals surface area contributed by atoms with E-state index < -0.39 is 12.0 Å². The molecule has 0 unspecified atom stereocenters. The average Bonchev–Trinajstić information content (AvgIpc) is 3.08. The van der Waals surface area contributed by atoms with Gasteiger partial charge in [-0.25, -0.2) is 15.3 Å². The summed E-state index contributed by atoms with van der Waals surface area (Å²) in [4.78, 5) is 27.4. The first-order valence-electron chi connectivity index (χ1n) is 5.53. The van der Waals surface area contributed by atoms with Crippen LogP contribution in [0.15, 0.2) is 22.9 Å². The first-order chi connectivity index (χ1) is 9.67. The van der Waals surface area contributed by atoms with Crippen molar-refractivity contribution in [3.63, 3.8) is 0 Å². The second kappa shape index (κ2) is 6.98. The van der Waals surface area contributed by atoms with Crippen LogP contribution in [0.2, 0.25) is 0 Å². The molecule has 0 bridgehead atoms. The van der Waals surface area contributed by atoms with E-state index in [1.807, 2.05) is 17.5 Å². The summed E-state index contributed by atoms with van der Waals surface area (Å²) in [5, 5.41) is 14.6. The van der Waals surface area contributed by atoms with Gasteiger partial charge in [0.2, 0.25) is 5.91 Å². The molecule has 0 saturated heterocycles. The maximum absolute atomic E-state index is 11.5. The van der Waals surface area contributed by atoms with Crippen LogP contribution < -0.4 is 15.5 Å². The number of aromatic nitrogens is 1. The molecule has 20 heavy (non-hydrogen) atoms. The molecule has 9 heteroatoms. The minimum Gasteiger partial charge on any atom is -0.381 e. The maximum Gasteiger partial charge on any atom is 0.414 e. The highest BCUT2D eigenvalue weighted by atomic mass is 32.1. The molecular weight excluding hydrogens is 302 g/mol. The predicted molar refractivity (Wildman–Crippen MR) is 72.9 cm³/mol. The van der Waals surface area contributed by atoms with Crippen molar-refractivity contribution in [2.75, 3.05) is 0 Å². The number of nitrogens with zero attached hydrogens (tertiary/aromatic N) is 1. The lowest BCUT2D eigenvalue weighted by Crippen LogP contribution is -2.25. The molecule has 0 fully saturated rings. The van der Waals surface area contributed by atoms with Crippen molar-refractivity contribution in [1.29, 1.82) is 0 Å². The number of ether oxygens (including phenoxy) is 1. The lowest BCUT2D eigenvalue weighted by atomic mass is 10.3. The first-order valence-corrected chi connectivity index (χ1v) is 7.28. The molecule has 0 aliphatic rings. The third-order valence-corrected chi connectivity index (χ3v) is 3.81. The van der Waals surface area contributed by atoms with Gasteiger partial charge in [-0.1, -0.05) is 17.4 Å². The molecule has 3 N–H and O–H groups in total. The lowest BCUT2D eigenvalue weighted by Gasteiger charge is -2.02. The molecule has 0 aliphatic carbocycles. The van der Waals surface area contributed by atoms with E-state index in [4.69, 9.17) is 9.94 Å². The van der Waals surface area contributed by atoms with Gasteiger partial charge in [-0.15, -0.1) is 11.3 Å². The summed E-state index contributed by atoms with van der Waals surface area (Å²) in [6.07, 6.45) is -0.682. The van der Waals surface area contributed by atoms with Crippen molar-refractivity contribution in [2.45, 2.75) is 13.0 Å². The van der Waals surface area contributed by atoms with E-state index in [2.05, 4.69) is 10.3 Å². The van der Waals surface area contributed by atoms with Crippen molar-refractivity contribution in [3.8, 4) is 5.19 Å². The minimum absolute atomic E-state index is 0.0762. The highest BCUT2D eigenvalue weighted by Gasteiger charge is 2.11. The standard InChI is InChI=1S/C11H11N3O4S2/c15-9(14-17)4-7-6-20-11(13-7)18-10(16)12-5-8-2-1-3-19-8/h1-3,6,17H,4-5H2,(H,12,16)(H,14,15). The summed E-state index contributed by atoms with van der Waals surface area (Å²) in [6.45, 7) is 0.391. The molecule has 0 aromatic carbocycles. The number of amides is 2. The molecule has 7 nitrogen and oxygen atoms in total. The molecule has 0 spiro atoms. The summed E-state index contributed by atoms with van der Waals surface area (Å²) in [6, 6.07) is 3.80. The zero-order valence-corrected chi connectivity index (χ0v) is 11.8. The number of thiazole rings is 1. The number of nitrogens with one attached hydrogen (secondary N) is 2. The molecule has 2 aromatic heterocycles. The van der Waals surface area contributed by atoms with Gasteiger partial charge >= 0.3 is 6.09 Å². The topological polar surface area (TPSA) is 101 Å².